The van der Waals surface area contributed by atoms with Crippen LogP contribution in [0.5, 0.6) is 0 Å². The second-order valence-electron chi connectivity index (χ2n) is 4.18. The van der Waals surface area contributed by atoms with Crippen LogP contribution in [-0.4, -0.2) is 10.7 Å². The van der Waals surface area contributed by atoms with Crippen LogP contribution < -0.4 is 0 Å². The Morgan fingerprint density at radius 1 is 1.05 bits per heavy atom. The first-order chi connectivity index (χ1) is 9.97. The van der Waals surface area contributed by atoms with Crippen LogP contribution in [-0.2, 0) is 0 Å². The van der Waals surface area contributed by atoms with Gasteiger partial charge in [-0.15, -0.1) is 0 Å². The van der Waals surface area contributed by atoms with E-state index in [-0.39, 0.29) is 11.5 Å². The first-order valence-electron chi connectivity index (χ1n) is 5.89. The average Bonchev–Trinajstić information content (AvgIpc) is 2.47. The van der Waals surface area contributed by atoms with Gasteiger partial charge in [0.15, 0.2) is 5.78 Å². The number of nitro benzene ring substituents is 1. The van der Waals surface area contributed by atoms with Crippen LogP contribution in [0.15, 0.2) is 57.5 Å². The molecule has 0 N–H and O–H groups in total. The number of hydrogen-bond acceptors (Lipinski definition) is 3. The fraction of sp³-hybridized carbons (Fsp3) is 0. The Morgan fingerprint density at radius 2 is 1.62 bits per heavy atom. The third-order valence-corrected chi connectivity index (χ3v) is 3.84. The Bertz CT molecular complexity index is 707. The fourth-order valence-electron chi connectivity index (χ4n) is 1.64. The van der Waals surface area contributed by atoms with E-state index >= 15 is 0 Å². The van der Waals surface area contributed by atoms with Gasteiger partial charge in [0.2, 0.25) is 0 Å². The van der Waals surface area contributed by atoms with Crippen molar-refractivity contribution in [1.29, 1.82) is 0 Å². The molecule has 0 amide bonds. The molecule has 2 rings (SSSR count). The lowest BCUT2D eigenvalue weighted by Gasteiger charge is -2.01. The predicted molar refractivity (Wildman–Crippen MR) is 88.5 cm³/mol. The molecule has 6 heteroatoms. The van der Waals surface area contributed by atoms with Gasteiger partial charge in [-0.3, -0.25) is 14.9 Å². The van der Waals surface area contributed by atoms with E-state index in [0.717, 1.165) is 4.47 Å². The highest BCUT2D eigenvalue weighted by atomic mass is 79.9. The molecule has 0 unspecified atom stereocenters. The monoisotopic (exact) mass is 409 g/mol. The maximum absolute atomic E-state index is 12.2. The van der Waals surface area contributed by atoms with Crippen molar-refractivity contribution in [2.75, 3.05) is 0 Å². The van der Waals surface area contributed by atoms with Crippen LogP contribution in [0.25, 0.3) is 6.08 Å². The van der Waals surface area contributed by atoms with Crippen molar-refractivity contribution in [3.63, 3.8) is 0 Å². The third-order valence-electron chi connectivity index (χ3n) is 2.72. The average molecular weight is 411 g/mol. The lowest BCUT2D eigenvalue weighted by atomic mass is 10.1. The zero-order chi connectivity index (χ0) is 15.4. The summed E-state index contributed by atoms with van der Waals surface area (Å²) in [4.78, 5) is 22.3. The highest BCUT2D eigenvalue weighted by molar-refractivity contribution is 9.12. The number of carbonyl (C=O) groups is 1. The molecule has 106 valence electrons. The van der Waals surface area contributed by atoms with Gasteiger partial charge in [0.25, 0.3) is 5.69 Å². The van der Waals surface area contributed by atoms with E-state index < -0.39 is 4.92 Å². The van der Waals surface area contributed by atoms with Crippen molar-refractivity contribution in [3.05, 3.63) is 78.7 Å². The molecule has 0 spiro atoms. The van der Waals surface area contributed by atoms with E-state index in [4.69, 9.17) is 0 Å². The highest BCUT2D eigenvalue weighted by Gasteiger charge is 2.10. The maximum atomic E-state index is 12.2. The van der Waals surface area contributed by atoms with Crippen LogP contribution in [0.4, 0.5) is 5.69 Å². The lowest BCUT2D eigenvalue weighted by Crippen LogP contribution is -1.98. The van der Waals surface area contributed by atoms with Gasteiger partial charge >= 0.3 is 0 Å². The number of hydrogen-bond donors (Lipinski definition) is 0. The third kappa shape index (κ3) is 4.09. The molecule has 0 aliphatic heterocycles. The molecule has 0 aliphatic carbocycles. The minimum atomic E-state index is -0.463. The Hall–Kier alpha value is -1.79. The van der Waals surface area contributed by atoms with Crippen molar-refractivity contribution in [2.45, 2.75) is 0 Å². The van der Waals surface area contributed by atoms with Crippen LogP contribution in [0, 0.1) is 10.1 Å². The van der Waals surface area contributed by atoms with Crippen molar-refractivity contribution >= 4 is 49.4 Å². The Balaban J connectivity index is 2.21. The fourth-order valence-corrected chi connectivity index (χ4v) is 2.40. The highest BCUT2D eigenvalue weighted by Crippen LogP contribution is 2.21. The molecule has 2 aromatic rings. The van der Waals surface area contributed by atoms with E-state index in [0.29, 0.717) is 15.6 Å². The number of nitro groups is 1. The van der Waals surface area contributed by atoms with Gasteiger partial charge in [-0.25, -0.2) is 0 Å². The number of allylic oxidation sites excluding steroid dienone is 1. The number of halogens is 2. The molecule has 2 aromatic carbocycles. The second-order valence-corrected chi connectivity index (χ2v) is 5.95. The van der Waals surface area contributed by atoms with E-state index in [1.165, 1.54) is 12.1 Å². The molecule has 0 saturated heterocycles. The van der Waals surface area contributed by atoms with Crippen LogP contribution in [0.1, 0.15) is 15.9 Å². The first kappa shape index (κ1) is 15.6. The Morgan fingerprint density at radius 3 is 2.14 bits per heavy atom. The van der Waals surface area contributed by atoms with Gasteiger partial charge in [-0.1, -0.05) is 15.9 Å². The summed E-state index contributed by atoms with van der Waals surface area (Å²) in [5.74, 6) is -0.152. The summed E-state index contributed by atoms with van der Waals surface area (Å²) in [5.41, 5.74) is 1.28. The summed E-state index contributed by atoms with van der Waals surface area (Å²) in [5, 5.41) is 10.6. The van der Waals surface area contributed by atoms with E-state index in [1.54, 1.807) is 42.5 Å². The van der Waals surface area contributed by atoms with Crippen molar-refractivity contribution in [2.24, 2.45) is 0 Å². The molecule has 0 bridgehead atoms. The number of ketones is 1. The Kier molecular flexibility index (Phi) is 5.03. The quantitative estimate of drug-likeness (QED) is 0.309. The van der Waals surface area contributed by atoms with Gasteiger partial charge in [-0.2, -0.15) is 0 Å². The minimum absolute atomic E-state index is 0.0162. The smallest absolute Gasteiger partial charge is 0.269 e. The summed E-state index contributed by atoms with van der Waals surface area (Å²) in [6, 6.07) is 13.0. The van der Waals surface area contributed by atoms with Gasteiger partial charge in [-0.05, 0) is 64.0 Å². The molecular formula is C15H9Br2NO3. The first-order valence-corrected chi connectivity index (χ1v) is 7.48. The molecule has 0 fully saturated rings. The summed E-state index contributed by atoms with van der Waals surface area (Å²) in [6.07, 6.45) is 1.63. The normalized spacial score (nSPS) is 11.2. The van der Waals surface area contributed by atoms with Gasteiger partial charge in [0, 0.05) is 22.2 Å². The molecule has 0 aliphatic rings. The van der Waals surface area contributed by atoms with Gasteiger partial charge in [0.05, 0.1) is 9.41 Å². The standard InChI is InChI=1S/C15H9Br2NO3/c16-12-5-3-11(4-6-12)15(19)14(17)9-10-1-7-13(8-2-10)18(20)21/h1-9H/b14-9-. The maximum Gasteiger partial charge on any atom is 0.269 e. The number of benzene rings is 2. The number of nitrogens with zero attached hydrogens (tertiary/aromatic N) is 1. The van der Waals surface area contributed by atoms with E-state index in [9.17, 15) is 14.9 Å². The van der Waals surface area contributed by atoms with Crippen LogP contribution >= 0.6 is 31.9 Å². The summed E-state index contributed by atoms with van der Waals surface area (Å²) in [6.45, 7) is 0. The van der Waals surface area contributed by atoms with Crippen LogP contribution in [0.2, 0.25) is 0 Å². The predicted octanol–water partition coefficient (Wildman–Crippen LogP) is 4.98. The lowest BCUT2D eigenvalue weighted by molar-refractivity contribution is -0.384. The SMILES string of the molecule is O=C(/C(Br)=C/c1ccc([N+](=O)[O-])cc1)c1ccc(Br)cc1. The number of non-ortho nitro benzene ring substituents is 1. The number of rotatable bonds is 4. The van der Waals surface area contributed by atoms with Crippen molar-refractivity contribution < 1.29 is 9.72 Å². The molecule has 4 nitrogen and oxygen atoms in total. The van der Waals surface area contributed by atoms with Gasteiger partial charge < -0.3 is 0 Å². The van der Waals surface area contributed by atoms with Gasteiger partial charge in [0.1, 0.15) is 0 Å². The molecular weight excluding hydrogens is 402 g/mol. The van der Waals surface area contributed by atoms with E-state index in [2.05, 4.69) is 31.9 Å². The zero-order valence-corrected chi connectivity index (χ0v) is 13.8. The summed E-state index contributed by atoms with van der Waals surface area (Å²) >= 11 is 6.56. The van der Waals surface area contributed by atoms with Crippen molar-refractivity contribution in [1.82, 2.24) is 0 Å². The molecule has 0 saturated carbocycles. The number of carbonyl (C=O) groups excluding carboxylic acids is 1. The molecule has 0 radical (unpaired) electrons. The largest absolute Gasteiger partial charge is 0.288 e. The summed E-state index contributed by atoms with van der Waals surface area (Å²) < 4.78 is 1.29. The second kappa shape index (κ2) is 6.78. The topological polar surface area (TPSA) is 60.2 Å². The summed E-state index contributed by atoms with van der Waals surface area (Å²) in [7, 11) is 0. The molecule has 0 atom stereocenters. The zero-order valence-electron chi connectivity index (χ0n) is 10.6. The molecule has 0 aromatic heterocycles. The van der Waals surface area contributed by atoms with Crippen molar-refractivity contribution in [3.8, 4) is 0 Å². The van der Waals surface area contributed by atoms with E-state index in [1.807, 2.05) is 0 Å². The minimum Gasteiger partial charge on any atom is -0.288 e. The Labute approximate surface area is 137 Å². The van der Waals surface area contributed by atoms with Crippen LogP contribution in [0.3, 0.4) is 0 Å². The molecule has 21 heavy (non-hydrogen) atoms. The molecule has 0 heterocycles. The number of Topliss-reactive ketones (excluding diaryl/α,β-unsaturated/α-hetero) is 1.